The summed E-state index contributed by atoms with van der Waals surface area (Å²) in [5.41, 5.74) is 0.148. The fourth-order valence-electron chi connectivity index (χ4n) is 3.01. The van der Waals surface area contributed by atoms with E-state index in [1.807, 2.05) is 4.68 Å². The zero-order valence-corrected chi connectivity index (χ0v) is 13.2. The fraction of sp³-hybridized carbons (Fsp3) is 0.867. The average molecular weight is 280 g/mol. The lowest BCUT2D eigenvalue weighted by atomic mass is 9.78. The van der Waals surface area contributed by atoms with Gasteiger partial charge in [-0.25, -0.2) is 9.67 Å². The zero-order valence-electron chi connectivity index (χ0n) is 13.2. The maximum Gasteiger partial charge on any atom is 0.138 e. The molecule has 2 unspecified atom stereocenters. The Kier molecular flexibility index (Phi) is 5.16. The predicted molar refractivity (Wildman–Crippen MR) is 79.7 cm³/mol. The molecule has 0 radical (unpaired) electrons. The lowest BCUT2D eigenvalue weighted by molar-refractivity contribution is 0.0614. The lowest BCUT2D eigenvalue weighted by Gasteiger charge is -2.32. The Balaban J connectivity index is 2.13. The van der Waals surface area contributed by atoms with Crippen LogP contribution in [0.25, 0.3) is 0 Å². The molecule has 0 saturated carbocycles. The van der Waals surface area contributed by atoms with Crippen molar-refractivity contribution in [2.75, 3.05) is 19.7 Å². The van der Waals surface area contributed by atoms with E-state index < -0.39 is 0 Å². The monoisotopic (exact) mass is 280 g/mol. The molecule has 5 heteroatoms. The minimum absolute atomic E-state index is 0.148. The first-order valence-electron chi connectivity index (χ1n) is 7.80. The highest BCUT2D eigenvalue weighted by atomic mass is 16.5. The molecule has 5 nitrogen and oxygen atoms in total. The van der Waals surface area contributed by atoms with Gasteiger partial charge in [0, 0.05) is 31.0 Å². The van der Waals surface area contributed by atoms with Crippen molar-refractivity contribution < 1.29 is 4.74 Å². The van der Waals surface area contributed by atoms with E-state index in [9.17, 15) is 0 Å². The molecule has 2 heterocycles. The highest BCUT2D eigenvalue weighted by molar-refractivity contribution is 5.01. The first-order valence-corrected chi connectivity index (χ1v) is 7.80. The van der Waals surface area contributed by atoms with Gasteiger partial charge in [-0.05, 0) is 40.2 Å². The molecule has 20 heavy (non-hydrogen) atoms. The number of nitrogens with zero attached hydrogens (tertiary/aromatic N) is 3. The van der Waals surface area contributed by atoms with Crippen LogP contribution in [0.4, 0.5) is 0 Å². The van der Waals surface area contributed by atoms with Gasteiger partial charge in [0.15, 0.2) is 0 Å². The van der Waals surface area contributed by atoms with Gasteiger partial charge < -0.3 is 10.1 Å². The minimum atomic E-state index is 0.148. The molecule has 1 aromatic rings. The Morgan fingerprint density at radius 3 is 2.95 bits per heavy atom. The Labute approximate surface area is 122 Å². The van der Waals surface area contributed by atoms with Gasteiger partial charge >= 0.3 is 0 Å². The largest absolute Gasteiger partial charge is 0.378 e. The van der Waals surface area contributed by atoms with Crippen molar-refractivity contribution in [1.82, 2.24) is 20.1 Å². The Morgan fingerprint density at radius 1 is 1.55 bits per heavy atom. The molecule has 1 fully saturated rings. The lowest BCUT2D eigenvalue weighted by Crippen LogP contribution is -2.42. The second-order valence-corrected chi connectivity index (χ2v) is 6.19. The SMILES string of the molecule is CCCNCC1(Cc2ncnn2C(C)C)CCOC1C. The van der Waals surface area contributed by atoms with Gasteiger partial charge in [-0.3, -0.25) is 0 Å². The van der Waals surface area contributed by atoms with Crippen molar-refractivity contribution in [3.8, 4) is 0 Å². The summed E-state index contributed by atoms with van der Waals surface area (Å²) < 4.78 is 7.89. The second kappa shape index (κ2) is 6.68. The van der Waals surface area contributed by atoms with Gasteiger partial charge in [-0.1, -0.05) is 6.92 Å². The van der Waals surface area contributed by atoms with Crippen LogP contribution in [0.1, 0.15) is 52.4 Å². The minimum Gasteiger partial charge on any atom is -0.378 e. The van der Waals surface area contributed by atoms with E-state index in [1.54, 1.807) is 6.33 Å². The van der Waals surface area contributed by atoms with E-state index in [0.29, 0.717) is 6.04 Å². The van der Waals surface area contributed by atoms with Crippen molar-refractivity contribution in [3.05, 3.63) is 12.2 Å². The summed E-state index contributed by atoms with van der Waals surface area (Å²) in [6.07, 6.45) is 5.12. The van der Waals surface area contributed by atoms with Gasteiger partial charge in [0.05, 0.1) is 6.10 Å². The summed E-state index contributed by atoms with van der Waals surface area (Å²) in [5.74, 6) is 1.08. The highest BCUT2D eigenvalue weighted by Gasteiger charge is 2.42. The van der Waals surface area contributed by atoms with E-state index in [2.05, 4.69) is 43.1 Å². The Morgan fingerprint density at radius 2 is 2.35 bits per heavy atom. The summed E-state index contributed by atoms with van der Waals surface area (Å²) >= 11 is 0. The quantitative estimate of drug-likeness (QED) is 0.778. The molecule has 0 spiro atoms. The molecule has 1 aliphatic heterocycles. The van der Waals surface area contributed by atoms with E-state index in [4.69, 9.17) is 4.74 Å². The molecule has 1 saturated heterocycles. The molecule has 114 valence electrons. The van der Waals surface area contributed by atoms with Crippen LogP contribution >= 0.6 is 0 Å². The molecule has 0 bridgehead atoms. The topological polar surface area (TPSA) is 52.0 Å². The van der Waals surface area contributed by atoms with E-state index in [-0.39, 0.29) is 11.5 Å². The molecule has 1 N–H and O–H groups in total. The number of aromatic nitrogens is 3. The zero-order chi connectivity index (χ0) is 14.6. The normalized spacial score (nSPS) is 26.6. The number of hydrogen-bond acceptors (Lipinski definition) is 4. The average Bonchev–Trinajstić information content (AvgIpc) is 2.99. The van der Waals surface area contributed by atoms with Crippen LogP contribution in [-0.4, -0.2) is 40.6 Å². The Hall–Kier alpha value is -0.940. The second-order valence-electron chi connectivity index (χ2n) is 6.19. The third-order valence-corrected chi connectivity index (χ3v) is 4.38. The van der Waals surface area contributed by atoms with Crippen molar-refractivity contribution in [2.45, 2.75) is 59.1 Å². The fourth-order valence-corrected chi connectivity index (χ4v) is 3.01. The van der Waals surface area contributed by atoms with Gasteiger partial charge in [0.2, 0.25) is 0 Å². The maximum absolute atomic E-state index is 5.85. The number of hydrogen-bond donors (Lipinski definition) is 1. The van der Waals surface area contributed by atoms with Crippen LogP contribution in [0, 0.1) is 5.41 Å². The van der Waals surface area contributed by atoms with E-state index >= 15 is 0 Å². The summed E-state index contributed by atoms with van der Waals surface area (Å²) in [4.78, 5) is 4.48. The maximum atomic E-state index is 5.85. The number of nitrogens with one attached hydrogen (secondary N) is 1. The van der Waals surface area contributed by atoms with Crippen LogP contribution < -0.4 is 5.32 Å². The standard InChI is InChI=1S/C15H28N4O/c1-5-7-16-10-15(6-8-20-13(15)4)9-14-17-11-18-19(14)12(2)3/h11-13,16H,5-10H2,1-4H3. The molecule has 2 rings (SSSR count). The highest BCUT2D eigenvalue weighted by Crippen LogP contribution is 2.37. The molecule has 0 aromatic carbocycles. The Bertz CT molecular complexity index is 418. The molecule has 1 aliphatic rings. The van der Waals surface area contributed by atoms with Crippen molar-refractivity contribution in [2.24, 2.45) is 5.41 Å². The first-order chi connectivity index (χ1) is 9.59. The smallest absolute Gasteiger partial charge is 0.138 e. The van der Waals surface area contributed by atoms with Gasteiger partial charge in [0.25, 0.3) is 0 Å². The first kappa shape index (κ1) is 15.4. The van der Waals surface area contributed by atoms with Gasteiger partial charge in [-0.15, -0.1) is 0 Å². The number of ether oxygens (including phenoxy) is 1. The van der Waals surface area contributed by atoms with E-state index in [0.717, 1.165) is 44.8 Å². The molecular formula is C15H28N4O. The van der Waals surface area contributed by atoms with Crippen molar-refractivity contribution in [3.63, 3.8) is 0 Å². The van der Waals surface area contributed by atoms with Gasteiger partial charge in [0.1, 0.15) is 12.2 Å². The van der Waals surface area contributed by atoms with Crippen LogP contribution in [0.15, 0.2) is 6.33 Å². The molecule has 1 aromatic heterocycles. The van der Waals surface area contributed by atoms with Crippen molar-refractivity contribution >= 4 is 0 Å². The van der Waals surface area contributed by atoms with E-state index in [1.165, 1.54) is 0 Å². The predicted octanol–water partition coefficient (Wildman–Crippen LogP) is 2.20. The number of rotatable bonds is 7. The van der Waals surface area contributed by atoms with Gasteiger partial charge in [-0.2, -0.15) is 5.10 Å². The van der Waals surface area contributed by atoms with Crippen molar-refractivity contribution in [1.29, 1.82) is 0 Å². The summed E-state index contributed by atoms with van der Waals surface area (Å²) in [7, 11) is 0. The molecule has 0 amide bonds. The van der Waals surface area contributed by atoms with Crippen LogP contribution in [-0.2, 0) is 11.2 Å². The molecular weight excluding hydrogens is 252 g/mol. The van der Waals surface area contributed by atoms with Crippen LogP contribution in [0.5, 0.6) is 0 Å². The van der Waals surface area contributed by atoms with Crippen LogP contribution in [0.3, 0.4) is 0 Å². The summed E-state index contributed by atoms with van der Waals surface area (Å²) in [5, 5.41) is 7.93. The summed E-state index contributed by atoms with van der Waals surface area (Å²) in [6, 6.07) is 0.353. The van der Waals surface area contributed by atoms with Crippen LogP contribution in [0.2, 0.25) is 0 Å². The molecule has 2 atom stereocenters. The summed E-state index contributed by atoms with van der Waals surface area (Å²) in [6.45, 7) is 11.6. The molecule has 0 aliphatic carbocycles. The third kappa shape index (κ3) is 3.20. The third-order valence-electron chi connectivity index (χ3n) is 4.38.